The van der Waals surface area contributed by atoms with Gasteiger partial charge in [0.15, 0.2) is 0 Å². The predicted octanol–water partition coefficient (Wildman–Crippen LogP) is 8.07. The molecule has 2 heterocycles. The third-order valence-electron chi connectivity index (χ3n) is 5.73. The second-order valence-corrected chi connectivity index (χ2v) is 26.9. The number of hydrogen-bond donors (Lipinski definition) is 0. The van der Waals surface area contributed by atoms with Crippen LogP contribution in [-0.2, 0) is 0 Å². The summed E-state index contributed by atoms with van der Waals surface area (Å²) in [7, 11) is 0. The Kier molecular flexibility index (Phi) is 5.39. The zero-order valence-corrected chi connectivity index (χ0v) is 23.5. The molecule has 0 radical (unpaired) electrons. The van der Waals surface area contributed by atoms with Crippen LogP contribution >= 0.6 is 22.7 Å². The predicted molar refractivity (Wildman–Crippen MR) is 142 cm³/mol. The van der Waals surface area contributed by atoms with E-state index in [1.165, 1.54) is 25.0 Å². The fraction of sp³-hybridized carbons (Fsp3) is 0.308. The second-order valence-electron chi connectivity index (χ2n) is 9.11. The van der Waals surface area contributed by atoms with Crippen molar-refractivity contribution in [2.24, 2.45) is 0 Å². The number of aryl methyl sites for hydroxylation is 1. The zero-order chi connectivity index (χ0) is 21.9. The number of fused-ring (bicyclic) bond motifs is 4. The molecule has 0 N–H and O–H groups in total. The number of hydrogen-bond acceptors (Lipinski definition) is 4. The molecule has 5 heteroatoms. The van der Waals surface area contributed by atoms with Gasteiger partial charge >= 0.3 is 197 Å². The van der Waals surface area contributed by atoms with Gasteiger partial charge in [0.25, 0.3) is 0 Å². The van der Waals surface area contributed by atoms with Crippen molar-refractivity contribution in [3.8, 4) is 11.5 Å². The van der Waals surface area contributed by atoms with Gasteiger partial charge in [-0.05, 0) is 0 Å². The third-order valence-corrected chi connectivity index (χ3v) is 17.3. The van der Waals surface area contributed by atoms with Crippen LogP contribution in [0.15, 0.2) is 36.4 Å². The van der Waals surface area contributed by atoms with Crippen LogP contribution < -0.4 is 12.4 Å². The molecular weight excluding hydrogens is 527 g/mol. The fourth-order valence-electron chi connectivity index (χ4n) is 4.32. The summed E-state index contributed by atoms with van der Waals surface area (Å²) in [4.78, 5) is 8.78. The van der Waals surface area contributed by atoms with Crippen LogP contribution in [0, 0.1) is 6.92 Å². The van der Waals surface area contributed by atoms with Gasteiger partial charge in [0.2, 0.25) is 0 Å². The van der Waals surface area contributed by atoms with E-state index in [2.05, 4.69) is 72.0 Å². The topological polar surface area (TPSA) is 18.5 Å². The molecular formula is C26H28O2S2Sn. The van der Waals surface area contributed by atoms with E-state index in [9.17, 15) is 0 Å². The van der Waals surface area contributed by atoms with Crippen LogP contribution in [-0.4, -0.2) is 31.6 Å². The van der Waals surface area contributed by atoms with Crippen molar-refractivity contribution >= 4 is 85.7 Å². The first kappa shape index (κ1) is 21.3. The summed E-state index contributed by atoms with van der Waals surface area (Å²) in [5, 5.41) is 7.22. The molecule has 0 spiro atoms. The molecule has 0 fully saturated rings. The maximum atomic E-state index is 6.31. The average molecular weight is 555 g/mol. The molecule has 0 atom stereocenters. The molecule has 0 amide bonds. The number of thiophene rings is 2. The molecule has 0 saturated carbocycles. The normalized spacial score (nSPS) is 12.5. The van der Waals surface area contributed by atoms with Crippen LogP contribution in [0.3, 0.4) is 0 Å². The minimum atomic E-state index is -2.14. The van der Waals surface area contributed by atoms with E-state index in [4.69, 9.17) is 9.47 Å². The van der Waals surface area contributed by atoms with Crippen molar-refractivity contribution < 1.29 is 9.47 Å². The van der Waals surface area contributed by atoms with E-state index in [-0.39, 0.29) is 0 Å². The Hall–Kier alpha value is -1.50. The summed E-state index contributed by atoms with van der Waals surface area (Å²) in [6, 6.07) is 14.0. The second kappa shape index (κ2) is 7.82. The first-order valence-electron chi connectivity index (χ1n) is 10.9. The van der Waals surface area contributed by atoms with E-state index in [1.54, 1.807) is 2.89 Å². The monoisotopic (exact) mass is 556 g/mol. The van der Waals surface area contributed by atoms with Crippen LogP contribution in [0.4, 0.5) is 0 Å². The van der Waals surface area contributed by atoms with Gasteiger partial charge in [-0.3, -0.25) is 0 Å². The third kappa shape index (κ3) is 3.61. The summed E-state index contributed by atoms with van der Waals surface area (Å²) >= 11 is 1.68. The molecule has 2 nitrogen and oxygen atoms in total. The Morgan fingerprint density at radius 2 is 1.16 bits per heavy atom. The van der Waals surface area contributed by atoms with Gasteiger partial charge in [0.05, 0.1) is 0 Å². The van der Waals surface area contributed by atoms with Gasteiger partial charge in [0.1, 0.15) is 0 Å². The molecule has 0 aliphatic carbocycles. The summed E-state index contributed by atoms with van der Waals surface area (Å²) in [5.74, 6) is 1.97. The van der Waals surface area contributed by atoms with Crippen molar-refractivity contribution in [3.63, 3.8) is 0 Å². The van der Waals surface area contributed by atoms with Gasteiger partial charge in [0, 0.05) is 0 Å². The van der Waals surface area contributed by atoms with Crippen molar-refractivity contribution in [1.29, 1.82) is 0 Å². The molecule has 5 rings (SSSR count). The van der Waals surface area contributed by atoms with E-state index < -0.39 is 18.4 Å². The number of ether oxygens (including phenoxy) is 2. The molecule has 2 aromatic heterocycles. The molecule has 0 saturated heterocycles. The molecule has 0 aliphatic heterocycles. The number of rotatable bonds is 5. The minimum absolute atomic E-state index is 0.644. The first-order valence-corrected chi connectivity index (χ1v) is 22.6. The van der Waals surface area contributed by atoms with Crippen LogP contribution in [0.1, 0.15) is 18.7 Å². The molecule has 3 aromatic carbocycles. The maximum absolute atomic E-state index is 6.31. The average Bonchev–Trinajstić information content (AvgIpc) is 3.29. The number of benzene rings is 3. The Morgan fingerprint density at radius 1 is 0.677 bits per heavy atom. The SMILES string of the molecule is CCOc1c2cc3c[c]([Sn]([CH3])([CH3])[CH3])sc3cc2c(OCC)c2cc3cc(C)sc3cc12. The van der Waals surface area contributed by atoms with E-state index >= 15 is 0 Å². The first-order chi connectivity index (χ1) is 14.8. The summed E-state index contributed by atoms with van der Waals surface area (Å²) < 4.78 is 16.9. The summed E-state index contributed by atoms with van der Waals surface area (Å²) in [6.07, 6.45) is 0. The quantitative estimate of drug-likeness (QED) is 0.161. The van der Waals surface area contributed by atoms with E-state index in [0.29, 0.717) is 13.2 Å². The Bertz CT molecular complexity index is 1350. The van der Waals surface area contributed by atoms with Gasteiger partial charge < -0.3 is 0 Å². The van der Waals surface area contributed by atoms with Gasteiger partial charge in [-0.25, -0.2) is 0 Å². The van der Waals surface area contributed by atoms with Crippen LogP contribution in [0.5, 0.6) is 11.5 Å². The Labute approximate surface area is 195 Å². The summed E-state index contributed by atoms with van der Waals surface area (Å²) in [5.41, 5.74) is 0. The van der Waals surface area contributed by atoms with Crippen molar-refractivity contribution in [3.05, 3.63) is 41.3 Å². The summed E-state index contributed by atoms with van der Waals surface area (Å²) in [6.45, 7) is 7.59. The molecule has 160 valence electrons. The standard InChI is InChI=1S/C23H19O2S2.3CH3.Sn/c1-4-24-22-16-9-14-6-7-26-20(14)11-18(16)23(25-5-2)17-10-15-8-13(3)27-21(15)12-19(17)22;;;;/h6,8-12H,4-5H2,1-3H3;3*1H3;. The van der Waals surface area contributed by atoms with Crippen molar-refractivity contribution in [2.45, 2.75) is 35.6 Å². The van der Waals surface area contributed by atoms with Crippen molar-refractivity contribution in [1.82, 2.24) is 0 Å². The zero-order valence-electron chi connectivity index (χ0n) is 19.0. The van der Waals surface area contributed by atoms with Crippen LogP contribution in [0.2, 0.25) is 14.8 Å². The Balaban J connectivity index is 1.95. The molecule has 0 aliphatic rings. The molecule has 0 bridgehead atoms. The van der Waals surface area contributed by atoms with E-state index in [0.717, 1.165) is 33.0 Å². The van der Waals surface area contributed by atoms with Gasteiger partial charge in [-0.1, -0.05) is 0 Å². The van der Waals surface area contributed by atoms with Crippen LogP contribution in [0.25, 0.3) is 41.7 Å². The molecule has 31 heavy (non-hydrogen) atoms. The van der Waals surface area contributed by atoms with E-state index in [1.807, 2.05) is 22.7 Å². The van der Waals surface area contributed by atoms with Gasteiger partial charge in [-0.15, -0.1) is 0 Å². The van der Waals surface area contributed by atoms with Gasteiger partial charge in [-0.2, -0.15) is 0 Å². The molecule has 0 unspecified atom stereocenters. The Morgan fingerprint density at radius 3 is 1.68 bits per heavy atom. The van der Waals surface area contributed by atoms with Crippen molar-refractivity contribution in [2.75, 3.05) is 13.2 Å². The fourth-order valence-corrected chi connectivity index (χ4v) is 11.6. The molecule has 5 aromatic rings.